The van der Waals surface area contributed by atoms with Crippen LogP contribution in [-0.4, -0.2) is 34.0 Å². The maximum Gasteiger partial charge on any atom is 0.242 e. The molecule has 116 valence electrons. The molecule has 1 aromatic carbocycles. The van der Waals surface area contributed by atoms with Gasteiger partial charge in [-0.05, 0) is 37.5 Å². The normalized spacial score (nSPS) is 19.3. The second kappa shape index (κ2) is 5.90. The van der Waals surface area contributed by atoms with Crippen LogP contribution in [0.3, 0.4) is 0 Å². The van der Waals surface area contributed by atoms with Crippen LogP contribution in [0, 0.1) is 0 Å². The van der Waals surface area contributed by atoms with Gasteiger partial charge in [0.2, 0.25) is 15.9 Å². The highest BCUT2D eigenvalue weighted by molar-refractivity contribution is 7.89. The average molecular weight is 312 g/mol. The molecule has 1 amide bonds. The van der Waals surface area contributed by atoms with E-state index in [9.17, 15) is 13.2 Å². The van der Waals surface area contributed by atoms with Gasteiger partial charge in [-0.25, -0.2) is 13.6 Å². The summed E-state index contributed by atoms with van der Waals surface area (Å²) in [4.78, 5) is 13.8. The minimum Gasteiger partial charge on any atom is -0.398 e. The van der Waals surface area contributed by atoms with Crippen LogP contribution in [0.15, 0.2) is 23.1 Å². The smallest absolute Gasteiger partial charge is 0.242 e. The predicted octanol–water partition coefficient (Wildman–Crippen LogP) is 0.0211. The van der Waals surface area contributed by atoms with Crippen molar-refractivity contribution < 1.29 is 13.2 Å². The Hall–Kier alpha value is -1.80. The number of rotatable bonds is 3. The molecule has 2 rings (SSSR count). The number of nitrogens with one attached hydrogen (secondary N) is 1. The Kier molecular flexibility index (Phi) is 4.38. The molecule has 1 saturated heterocycles. The molecule has 0 radical (unpaired) electrons. The minimum atomic E-state index is -3.84. The molecule has 1 aliphatic rings. The van der Waals surface area contributed by atoms with Gasteiger partial charge < -0.3 is 16.0 Å². The molecular formula is C13H20N4O3S. The number of piperidine rings is 1. The van der Waals surface area contributed by atoms with E-state index in [2.05, 4.69) is 5.32 Å². The molecule has 7 nitrogen and oxygen atoms in total. The molecule has 21 heavy (non-hydrogen) atoms. The van der Waals surface area contributed by atoms with Gasteiger partial charge in [-0.15, -0.1) is 0 Å². The van der Waals surface area contributed by atoms with Crippen molar-refractivity contribution in [1.29, 1.82) is 0 Å². The van der Waals surface area contributed by atoms with E-state index in [0.29, 0.717) is 0 Å². The minimum absolute atomic E-state index is 0.0520. The Morgan fingerprint density at radius 2 is 2.10 bits per heavy atom. The summed E-state index contributed by atoms with van der Waals surface area (Å²) in [5.74, 6) is -0.0520. The first-order valence-electron chi connectivity index (χ1n) is 6.75. The van der Waals surface area contributed by atoms with Gasteiger partial charge in [-0.1, -0.05) is 0 Å². The first kappa shape index (κ1) is 15.6. The van der Waals surface area contributed by atoms with Crippen LogP contribution in [0.2, 0.25) is 0 Å². The molecular weight excluding hydrogens is 292 g/mol. The van der Waals surface area contributed by atoms with Crippen molar-refractivity contribution in [2.45, 2.75) is 30.2 Å². The molecule has 0 spiro atoms. The number of primary sulfonamides is 1. The molecule has 1 aliphatic heterocycles. The summed E-state index contributed by atoms with van der Waals surface area (Å²) >= 11 is 0. The van der Waals surface area contributed by atoms with Crippen LogP contribution in [0.4, 0.5) is 11.4 Å². The summed E-state index contributed by atoms with van der Waals surface area (Å²) in [7, 11) is -2.23. The topological polar surface area (TPSA) is 119 Å². The van der Waals surface area contributed by atoms with Crippen molar-refractivity contribution in [3.05, 3.63) is 18.2 Å². The molecule has 1 unspecified atom stereocenters. The lowest BCUT2D eigenvalue weighted by Crippen LogP contribution is -2.48. The maximum atomic E-state index is 12.0. The molecule has 1 atom stereocenters. The zero-order chi connectivity index (χ0) is 15.6. The third-order valence-electron chi connectivity index (χ3n) is 3.68. The molecule has 1 heterocycles. The van der Waals surface area contributed by atoms with E-state index in [1.165, 1.54) is 6.07 Å². The second-order valence-electron chi connectivity index (χ2n) is 5.09. The summed E-state index contributed by atoms with van der Waals surface area (Å²) in [5, 5.41) is 7.75. The van der Waals surface area contributed by atoms with Crippen molar-refractivity contribution in [2.75, 3.05) is 24.2 Å². The lowest BCUT2D eigenvalue weighted by atomic mass is 10.0. The fourth-order valence-electron chi connectivity index (χ4n) is 2.65. The molecule has 0 aliphatic carbocycles. The van der Waals surface area contributed by atoms with E-state index < -0.39 is 10.0 Å². The average Bonchev–Trinajstić information content (AvgIpc) is 2.45. The Morgan fingerprint density at radius 3 is 2.67 bits per heavy atom. The lowest BCUT2D eigenvalue weighted by Gasteiger charge is -2.36. The summed E-state index contributed by atoms with van der Waals surface area (Å²) in [6, 6.07) is 4.32. The summed E-state index contributed by atoms with van der Waals surface area (Å²) in [6.07, 6.45) is 2.72. The standard InChI is InChI=1S/C13H20N4O3S/c1-16-13(18)11-4-2-3-7-17(11)9-5-6-12(10(14)8-9)21(15,19)20/h5-6,8,11H,2-4,7,14H2,1H3,(H,16,18)(H2,15,19,20). The van der Waals surface area contributed by atoms with Gasteiger partial charge in [0.15, 0.2) is 0 Å². The first-order chi connectivity index (χ1) is 9.84. The van der Waals surface area contributed by atoms with Crippen molar-refractivity contribution in [2.24, 2.45) is 5.14 Å². The van der Waals surface area contributed by atoms with E-state index in [1.807, 2.05) is 4.90 Å². The number of likely N-dealkylation sites (N-methyl/N-ethyl adjacent to an activating group) is 1. The zero-order valence-corrected chi connectivity index (χ0v) is 12.7. The van der Waals surface area contributed by atoms with Gasteiger partial charge >= 0.3 is 0 Å². The third kappa shape index (κ3) is 3.27. The van der Waals surface area contributed by atoms with Crippen molar-refractivity contribution >= 4 is 27.3 Å². The highest BCUT2D eigenvalue weighted by atomic mass is 32.2. The van der Waals surface area contributed by atoms with Crippen LogP contribution in [0.5, 0.6) is 0 Å². The SMILES string of the molecule is CNC(=O)C1CCCCN1c1ccc(S(N)(=O)=O)c(N)c1. The van der Waals surface area contributed by atoms with E-state index in [0.717, 1.165) is 31.5 Å². The number of hydrogen-bond donors (Lipinski definition) is 3. The predicted molar refractivity (Wildman–Crippen MR) is 81.3 cm³/mol. The lowest BCUT2D eigenvalue weighted by molar-refractivity contribution is -0.122. The largest absolute Gasteiger partial charge is 0.398 e. The Bertz CT molecular complexity index is 645. The van der Waals surface area contributed by atoms with E-state index in [-0.39, 0.29) is 22.5 Å². The van der Waals surface area contributed by atoms with Crippen LogP contribution in [-0.2, 0) is 14.8 Å². The first-order valence-corrected chi connectivity index (χ1v) is 8.30. The fourth-order valence-corrected chi connectivity index (χ4v) is 3.30. The molecule has 0 aromatic heterocycles. The van der Waals surface area contributed by atoms with Crippen molar-refractivity contribution in [1.82, 2.24) is 5.32 Å². The third-order valence-corrected chi connectivity index (χ3v) is 4.67. The van der Waals surface area contributed by atoms with Crippen LogP contribution < -0.4 is 21.1 Å². The molecule has 1 aromatic rings. The zero-order valence-electron chi connectivity index (χ0n) is 11.9. The van der Waals surface area contributed by atoms with Gasteiger partial charge in [0, 0.05) is 19.3 Å². The van der Waals surface area contributed by atoms with E-state index in [4.69, 9.17) is 10.9 Å². The Morgan fingerprint density at radius 1 is 1.38 bits per heavy atom. The number of hydrogen-bond acceptors (Lipinski definition) is 5. The summed E-state index contributed by atoms with van der Waals surface area (Å²) in [5.41, 5.74) is 6.61. The van der Waals surface area contributed by atoms with Gasteiger partial charge in [0.05, 0.1) is 5.69 Å². The van der Waals surface area contributed by atoms with Gasteiger partial charge in [0.25, 0.3) is 0 Å². The monoisotopic (exact) mass is 312 g/mol. The number of nitrogen functional groups attached to an aromatic ring is 1. The number of carbonyl (C=O) groups is 1. The number of nitrogens with zero attached hydrogens (tertiary/aromatic N) is 1. The Labute approximate surface area is 124 Å². The number of sulfonamides is 1. The van der Waals surface area contributed by atoms with Crippen LogP contribution >= 0.6 is 0 Å². The Balaban J connectivity index is 2.36. The summed E-state index contributed by atoms with van der Waals surface area (Å²) in [6.45, 7) is 0.728. The van der Waals surface area contributed by atoms with Gasteiger partial charge in [-0.3, -0.25) is 4.79 Å². The second-order valence-corrected chi connectivity index (χ2v) is 6.62. The van der Waals surface area contributed by atoms with Crippen molar-refractivity contribution in [3.63, 3.8) is 0 Å². The highest BCUT2D eigenvalue weighted by Gasteiger charge is 2.28. The quantitative estimate of drug-likeness (QED) is 0.680. The summed E-state index contributed by atoms with van der Waals surface area (Å²) < 4.78 is 22.8. The van der Waals surface area contributed by atoms with E-state index in [1.54, 1.807) is 19.2 Å². The number of anilines is 2. The maximum absolute atomic E-state index is 12.0. The molecule has 5 N–H and O–H groups in total. The van der Waals surface area contributed by atoms with Gasteiger partial charge in [-0.2, -0.15) is 0 Å². The number of carbonyl (C=O) groups excluding carboxylic acids is 1. The number of amides is 1. The molecule has 0 bridgehead atoms. The fraction of sp³-hybridized carbons (Fsp3) is 0.462. The number of benzene rings is 1. The molecule has 1 fully saturated rings. The van der Waals surface area contributed by atoms with Crippen LogP contribution in [0.25, 0.3) is 0 Å². The molecule has 8 heteroatoms. The van der Waals surface area contributed by atoms with Crippen LogP contribution in [0.1, 0.15) is 19.3 Å². The van der Waals surface area contributed by atoms with Crippen molar-refractivity contribution in [3.8, 4) is 0 Å². The molecule has 0 saturated carbocycles. The highest BCUT2D eigenvalue weighted by Crippen LogP contribution is 2.29. The van der Waals surface area contributed by atoms with E-state index >= 15 is 0 Å². The van der Waals surface area contributed by atoms with Gasteiger partial charge in [0.1, 0.15) is 10.9 Å². The number of nitrogens with two attached hydrogens (primary N) is 2.